The molecule has 0 amide bonds. The quantitative estimate of drug-likeness (QED) is 0.800. The number of aliphatic hydroxyl groups is 1. The molecule has 1 atom stereocenters. The summed E-state index contributed by atoms with van der Waals surface area (Å²) in [6, 6.07) is 8.21. The molecule has 2 saturated heterocycles. The van der Waals surface area contributed by atoms with Crippen LogP contribution in [0.25, 0.3) is 11.0 Å². The molecule has 1 N–H and O–H groups in total. The molecule has 7 heteroatoms. The van der Waals surface area contributed by atoms with Gasteiger partial charge >= 0.3 is 0 Å². The van der Waals surface area contributed by atoms with Crippen molar-refractivity contribution in [1.82, 2.24) is 23.4 Å². The van der Waals surface area contributed by atoms with Gasteiger partial charge in [0.1, 0.15) is 11.0 Å². The van der Waals surface area contributed by atoms with Crippen LogP contribution in [0.15, 0.2) is 18.2 Å². The van der Waals surface area contributed by atoms with Crippen LogP contribution in [0.5, 0.6) is 0 Å². The Balaban J connectivity index is 1.37. The van der Waals surface area contributed by atoms with E-state index in [0.29, 0.717) is 18.1 Å². The molecular formula is C21H33N5OS. The summed E-state index contributed by atoms with van der Waals surface area (Å²) in [6.45, 7) is 11.5. The number of fused-ring (bicyclic) bond motifs is 1. The van der Waals surface area contributed by atoms with E-state index in [0.717, 1.165) is 43.6 Å². The monoisotopic (exact) mass is 403 g/mol. The van der Waals surface area contributed by atoms with Gasteiger partial charge in [0.05, 0.1) is 11.7 Å². The lowest BCUT2D eigenvalue weighted by Crippen LogP contribution is -2.58. The minimum atomic E-state index is 0.274. The third-order valence-corrected chi connectivity index (χ3v) is 7.05. The van der Waals surface area contributed by atoms with E-state index in [1.165, 1.54) is 43.2 Å². The summed E-state index contributed by atoms with van der Waals surface area (Å²) in [7, 11) is 0. The summed E-state index contributed by atoms with van der Waals surface area (Å²) in [5.74, 6) is 0. The highest BCUT2D eigenvalue weighted by atomic mass is 32.1. The zero-order valence-corrected chi connectivity index (χ0v) is 17.9. The first-order valence-corrected chi connectivity index (χ1v) is 11.4. The van der Waals surface area contributed by atoms with Crippen LogP contribution < -0.4 is 0 Å². The Morgan fingerprint density at radius 2 is 1.89 bits per heavy atom. The second kappa shape index (κ2) is 9.13. The zero-order chi connectivity index (χ0) is 19.5. The SMILES string of the molecule is CC(C)N1CCC(N2CCN(Cc3ccc4nsnc4c3)CC2CCO)CC1. The molecule has 0 radical (unpaired) electrons. The molecule has 0 bridgehead atoms. The van der Waals surface area contributed by atoms with Crippen LogP contribution in [0.1, 0.15) is 38.7 Å². The molecule has 6 nitrogen and oxygen atoms in total. The Bertz CT molecular complexity index is 758. The van der Waals surface area contributed by atoms with Crippen molar-refractivity contribution in [1.29, 1.82) is 0 Å². The van der Waals surface area contributed by atoms with E-state index >= 15 is 0 Å². The third kappa shape index (κ3) is 4.54. The van der Waals surface area contributed by atoms with Crippen LogP contribution in [0.4, 0.5) is 0 Å². The second-order valence-electron chi connectivity index (χ2n) is 8.59. The number of rotatable bonds is 6. The van der Waals surface area contributed by atoms with Gasteiger partial charge in [0.25, 0.3) is 0 Å². The average molecular weight is 404 g/mol. The van der Waals surface area contributed by atoms with Crippen molar-refractivity contribution >= 4 is 22.8 Å². The lowest BCUT2D eigenvalue weighted by molar-refractivity contribution is -0.0000200. The minimum absolute atomic E-state index is 0.274. The van der Waals surface area contributed by atoms with Gasteiger partial charge in [-0.25, -0.2) is 0 Å². The number of hydrogen-bond acceptors (Lipinski definition) is 7. The standard InChI is InChI=1S/C21H33N5OS/c1-16(2)25-8-5-18(6-9-25)26-11-10-24(15-19(26)7-12-27)14-17-3-4-20-21(13-17)23-28-22-20/h3-4,13,16,18-19,27H,5-12,14-15H2,1-2H3. The molecule has 1 aromatic heterocycles. The number of aromatic nitrogens is 2. The van der Waals surface area contributed by atoms with Crippen molar-refractivity contribution in [3.8, 4) is 0 Å². The second-order valence-corrected chi connectivity index (χ2v) is 9.12. The topological polar surface area (TPSA) is 55.7 Å². The van der Waals surface area contributed by atoms with E-state index in [4.69, 9.17) is 0 Å². The molecule has 4 rings (SSSR count). The lowest BCUT2D eigenvalue weighted by atomic mass is 9.97. The molecular weight excluding hydrogens is 370 g/mol. The van der Waals surface area contributed by atoms with Crippen LogP contribution in [0, 0.1) is 0 Å². The van der Waals surface area contributed by atoms with Crippen molar-refractivity contribution < 1.29 is 5.11 Å². The molecule has 28 heavy (non-hydrogen) atoms. The third-order valence-electron chi connectivity index (χ3n) is 6.50. The smallest absolute Gasteiger partial charge is 0.105 e. The van der Waals surface area contributed by atoms with E-state index in [-0.39, 0.29) is 6.61 Å². The van der Waals surface area contributed by atoms with Gasteiger partial charge in [-0.05, 0) is 63.9 Å². The first-order valence-electron chi connectivity index (χ1n) is 10.7. The zero-order valence-electron chi connectivity index (χ0n) is 17.1. The van der Waals surface area contributed by atoms with Crippen LogP contribution in [-0.4, -0.2) is 86.0 Å². The molecule has 1 aromatic carbocycles. The maximum atomic E-state index is 9.65. The molecule has 3 heterocycles. The van der Waals surface area contributed by atoms with Gasteiger partial charge in [-0.15, -0.1) is 0 Å². The van der Waals surface area contributed by atoms with E-state index < -0.39 is 0 Å². The van der Waals surface area contributed by atoms with Crippen molar-refractivity contribution in [2.75, 3.05) is 39.3 Å². The van der Waals surface area contributed by atoms with E-state index in [9.17, 15) is 5.11 Å². The van der Waals surface area contributed by atoms with Gasteiger partial charge in [-0.1, -0.05) is 6.07 Å². The molecule has 0 spiro atoms. The average Bonchev–Trinajstić information content (AvgIpc) is 3.16. The largest absolute Gasteiger partial charge is 0.396 e. The maximum Gasteiger partial charge on any atom is 0.105 e. The summed E-state index contributed by atoms with van der Waals surface area (Å²) in [5, 5.41) is 9.65. The van der Waals surface area contributed by atoms with Crippen LogP contribution in [0.2, 0.25) is 0 Å². The fourth-order valence-corrected chi connectivity index (χ4v) is 5.40. The fourth-order valence-electron chi connectivity index (χ4n) is 4.88. The molecule has 2 aliphatic rings. The Hall–Kier alpha value is -1.12. The maximum absolute atomic E-state index is 9.65. The van der Waals surface area contributed by atoms with Crippen molar-refractivity contribution in [3.05, 3.63) is 23.8 Å². The lowest BCUT2D eigenvalue weighted by Gasteiger charge is -2.48. The Labute approximate surface area is 172 Å². The number of benzene rings is 1. The van der Waals surface area contributed by atoms with E-state index in [2.05, 4.69) is 55.5 Å². The fraction of sp³-hybridized carbons (Fsp3) is 0.714. The number of piperazine rings is 1. The number of piperidine rings is 1. The van der Waals surface area contributed by atoms with Crippen molar-refractivity contribution in [3.63, 3.8) is 0 Å². The molecule has 2 fully saturated rings. The molecule has 2 aliphatic heterocycles. The number of hydrogen-bond donors (Lipinski definition) is 1. The van der Waals surface area contributed by atoms with Crippen LogP contribution >= 0.6 is 11.7 Å². The summed E-state index contributed by atoms with van der Waals surface area (Å²) in [4.78, 5) is 7.84. The first kappa shape index (κ1) is 20.2. The highest BCUT2D eigenvalue weighted by Crippen LogP contribution is 2.25. The van der Waals surface area contributed by atoms with Crippen molar-refractivity contribution in [2.45, 2.75) is 57.8 Å². The number of nitrogens with zero attached hydrogens (tertiary/aromatic N) is 5. The van der Waals surface area contributed by atoms with Gasteiger partial charge in [-0.2, -0.15) is 8.75 Å². The first-order chi connectivity index (χ1) is 13.6. The van der Waals surface area contributed by atoms with Crippen LogP contribution in [-0.2, 0) is 6.54 Å². The van der Waals surface area contributed by atoms with Gasteiger partial charge < -0.3 is 10.0 Å². The summed E-state index contributed by atoms with van der Waals surface area (Å²) in [5.41, 5.74) is 3.30. The summed E-state index contributed by atoms with van der Waals surface area (Å²) in [6.07, 6.45) is 3.39. The van der Waals surface area contributed by atoms with Gasteiger partial charge in [0, 0.05) is 50.9 Å². The summed E-state index contributed by atoms with van der Waals surface area (Å²) < 4.78 is 8.68. The number of aliphatic hydroxyl groups excluding tert-OH is 1. The Morgan fingerprint density at radius 1 is 1.11 bits per heavy atom. The van der Waals surface area contributed by atoms with Crippen LogP contribution in [0.3, 0.4) is 0 Å². The number of likely N-dealkylation sites (tertiary alicyclic amines) is 1. The normalized spacial score (nSPS) is 23.8. The molecule has 1 unspecified atom stereocenters. The summed E-state index contributed by atoms with van der Waals surface area (Å²) >= 11 is 1.28. The van der Waals surface area contributed by atoms with Crippen molar-refractivity contribution in [2.24, 2.45) is 0 Å². The Kier molecular flexibility index (Phi) is 6.58. The predicted molar refractivity (Wildman–Crippen MR) is 115 cm³/mol. The molecule has 154 valence electrons. The van der Waals surface area contributed by atoms with Gasteiger partial charge in [0.2, 0.25) is 0 Å². The van der Waals surface area contributed by atoms with Gasteiger partial charge in [0.15, 0.2) is 0 Å². The highest BCUT2D eigenvalue weighted by molar-refractivity contribution is 7.00. The predicted octanol–water partition coefficient (Wildman–Crippen LogP) is 2.43. The van der Waals surface area contributed by atoms with Gasteiger partial charge in [-0.3, -0.25) is 9.80 Å². The van der Waals surface area contributed by atoms with E-state index in [1.807, 2.05) is 0 Å². The minimum Gasteiger partial charge on any atom is -0.396 e. The van der Waals surface area contributed by atoms with E-state index in [1.54, 1.807) is 0 Å². The highest BCUT2D eigenvalue weighted by Gasteiger charge is 2.33. The molecule has 0 saturated carbocycles. The Morgan fingerprint density at radius 3 is 2.64 bits per heavy atom. The molecule has 0 aliphatic carbocycles. The molecule has 2 aromatic rings.